The Kier molecular flexibility index (Phi) is 6.25. The summed E-state index contributed by atoms with van der Waals surface area (Å²) in [4.78, 5) is 15.9. The molecule has 0 aliphatic heterocycles. The Morgan fingerprint density at radius 3 is 2.79 bits per heavy atom. The topological polar surface area (TPSA) is 68.0 Å². The molecule has 0 aromatic carbocycles. The number of rotatable bonds is 7. The van der Waals surface area contributed by atoms with Crippen LogP contribution >= 0.6 is 0 Å². The zero-order valence-electron chi connectivity index (χ0n) is 12.2. The van der Waals surface area contributed by atoms with Gasteiger partial charge in [-0.15, -0.1) is 0 Å². The van der Waals surface area contributed by atoms with Crippen LogP contribution in [0.25, 0.3) is 0 Å². The number of nitrogens with one attached hydrogen (secondary N) is 1. The van der Waals surface area contributed by atoms with Gasteiger partial charge in [0.1, 0.15) is 0 Å². The molecule has 1 rings (SSSR count). The molecule has 0 saturated heterocycles. The van der Waals surface area contributed by atoms with Gasteiger partial charge in [0.2, 0.25) is 11.8 Å². The third kappa shape index (κ3) is 5.24. The van der Waals surface area contributed by atoms with E-state index in [9.17, 15) is 4.79 Å². The summed E-state index contributed by atoms with van der Waals surface area (Å²) >= 11 is 0. The van der Waals surface area contributed by atoms with Crippen LogP contribution in [0.3, 0.4) is 0 Å². The van der Waals surface area contributed by atoms with Gasteiger partial charge in [-0.05, 0) is 19.8 Å². The van der Waals surface area contributed by atoms with Crippen LogP contribution < -0.4 is 5.32 Å². The molecule has 19 heavy (non-hydrogen) atoms. The number of hydrogen-bond acceptors (Lipinski definition) is 4. The lowest BCUT2D eigenvalue weighted by Gasteiger charge is -2.03. The molecule has 0 aliphatic rings. The Labute approximate surface area is 114 Å². The molecule has 5 nitrogen and oxygen atoms in total. The normalized spacial score (nSPS) is 11.9. The Hall–Kier alpha value is -1.65. The van der Waals surface area contributed by atoms with E-state index in [0.717, 1.165) is 24.2 Å². The van der Waals surface area contributed by atoms with Crippen molar-refractivity contribution in [3.05, 3.63) is 23.4 Å². The summed E-state index contributed by atoms with van der Waals surface area (Å²) in [6.45, 7) is 8.51. The molecule has 1 aromatic heterocycles. The van der Waals surface area contributed by atoms with Gasteiger partial charge in [0.05, 0.1) is 0 Å². The third-order valence-corrected chi connectivity index (χ3v) is 2.72. The number of carbonyl (C=O) groups excluding carboxylic acids is 1. The van der Waals surface area contributed by atoms with Crippen molar-refractivity contribution in [1.82, 2.24) is 15.5 Å². The van der Waals surface area contributed by atoms with Gasteiger partial charge in [-0.25, -0.2) is 0 Å². The first-order valence-electron chi connectivity index (χ1n) is 6.82. The maximum atomic E-state index is 11.6. The van der Waals surface area contributed by atoms with Crippen molar-refractivity contribution in [3.63, 3.8) is 0 Å². The first kappa shape index (κ1) is 15.4. The van der Waals surface area contributed by atoms with Crippen molar-refractivity contribution >= 4 is 5.91 Å². The predicted octanol–water partition coefficient (Wildman–Crippen LogP) is 2.60. The second-order valence-corrected chi connectivity index (χ2v) is 4.86. The monoisotopic (exact) mass is 265 g/mol. The lowest BCUT2D eigenvalue weighted by Crippen LogP contribution is -2.25. The van der Waals surface area contributed by atoms with Gasteiger partial charge in [-0.2, -0.15) is 4.98 Å². The minimum Gasteiger partial charge on any atom is -0.352 e. The summed E-state index contributed by atoms with van der Waals surface area (Å²) in [5.74, 6) is 1.65. The molecule has 5 heteroatoms. The average molecular weight is 265 g/mol. The fourth-order valence-corrected chi connectivity index (χ4v) is 1.58. The smallest absolute Gasteiger partial charge is 0.246 e. The minimum absolute atomic E-state index is 0.00440. The van der Waals surface area contributed by atoms with Crippen LogP contribution in [0.4, 0.5) is 0 Å². The Morgan fingerprint density at radius 1 is 1.47 bits per heavy atom. The fraction of sp³-hybridized carbons (Fsp3) is 0.643. The summed E-state index contributed by atoms with van der Waals surface area (Å²) in [6.07, 6.45) is 4.28. The molecule has 0 radical (unpaired) electrons. The molecule has 0 saturated carbocycles. The maximum absolute atomic E-state index is 11.6. The zero-order chi connectivity index (χ0) is 14.3. The number of nitrogens with zero attached hydrogens (tertiary/aromatic N) is 2. The molecule has 0 atom stereocenters. The second-order valence-electron chi connectivity index (χ2n) is 4.86. The van der Waals surface area contributed by atoms with E-state index < -0.39 is 0 Å². The van der Waals surface area contributed by atoms with Crippen molar-refractivity contribution < 1.29 is 9.32 Å². The molecule has 0 spiro atoms. The highest BCUT2D eigenvalue weighted by Gasteiger charge is 2.09. The van der Waals surface area contributed by atoms with Crippen LogP contribution in [0.1, 0.15) is 58.2 Å². The summed E-state index contributed by atoms with van der Waals surface area (Å²) in [6, 6.07) is 0. The van der Waals surface area contributed by atoms with Crippen molar-refractivity contribution in [1.29, 1.82) is 0 Å². The minimum atomic E-state index is -0.00440. The van der Waals surface area contributed by atoms with Gasteiger partial charge < -0.3 is 9.84 Å². The summed E-state index contributed by atoms with van der Waals surface area (Å²) in [5.41, 5.74) is 0.766. The third-order valence-electron chi connectivity index (χ3n) is 2.72. The van der Waals surface area contributed by atoms with Crippen molar-refractivity contribution in [2.24, 2.45) is 0 Å². The summed E-state index contributed by atoms with van der Waals surface area (Å²) in [7, 11) is 0. The summed E-state index contributed by atoms with van der Waals surface area (Å²) < 4.78 is 5.13. The van der Waals surface area contributed by atoms with E-state index in [4.69, 9.17) is 4.52 Å². The van der Waals surface area contributed by atoms with E-state index in [1.165, 1.54) is 0 Å². The van der Waals surface area contributed by atoms with Crippen LogP contribution in [-0.2, 0) is 11.2 Å². The molecule has 1 aromatic rings. The lowest BCUT2D eigenvalue weighted by atomic mass is 10.2. The van der Waals surface area contributed by atoms with Crippen LogP contribution in [0.15, 0.2) is 16.2 Å². The second kappa shape index (κ2) is 7.71. The van der Waals surface area contributed by atoms with Crippen LogP contribution in [-0.4, -0.2) is 22.6 Å². The van der Waals surface area contributed by atoms with Crippen molar-refractivity contribution in [2.75, 3.05) is 6.54 Å². The molecular formula is C14H23N3O2. The van der Waals surface area contributed by atoms with Gasteiger partial charge in [0.15, 0.2) is 5.82 Å². The standard InChI is InChI=1S/C14H23N3O2/c1-5-7-11(4)14(18)15-9-6-8-12-16-13(10(2)3)17-19-12/h7,10H,5-6,8-9H2,1-4H3,(H,15,18)/b11-7+. The predicted molar refractivity (Wildman–Crippen MR) is 73.8 cm³/mol. The molecule has 1 heterocycles. The Balaban J connectivity index is 2.27. The first-order chi connectivity index (χ1) is 9.04. The molecule has 106 valence electrons. The van der Waals surface area contributed by atoms with Crippen LogP contribution in [0, 0.1) is 0 Å². The highest BCUT2D eigenvalue weighted by molar-refractivity contribution is 5.92. The van der Waals surface area contributed by atoms with Gasteiger partial charge in [-0.3, -0.25) is 4.79 Å². The fourth-order valence-electron chi connectivity index (χ4n) is 1.58. The summed E-state index contributed by atoms with van der Waals surface area (Å²) in [5, 5.41) is 6.77. The quantitative estimate of drug-likeness (QED) is 0.608. The van der Waals surface area contributed by atoms with Crippen LogP contribution in [0.2, 0.25) is 0 Å². The first-order valence-corrected chi connectivity index (χ1v) is 6.82. The molecule has 0 fully saturated rings. The lowest BCUT2D eigenvalue weighted by molar-refractivity contribution is -0.117. The van der Waals surface area contributed by atoms with Gasteiger partial charge in [-0.1, -0.05) is 32.0 Å². The molecule has 1 N–H and O–H groups in total. The van der Waals surface area contributed by atoms with Gasteiger partial charge >= 0.3 is 0 Å². The number of hydrogen-bond donors (Lipinski definition) is 1. The van der Waals surface area contributed by atoms with Crippen molar-refractivity contribution in [3.8, 4) is 0 Å². The highest BCUT2D eigenvalue weighted by Crippen LogP contribution is 2.10. The highest BCUT2D eigenvalue weighted by atomic mass is 16.5. The molecule has 1 amide bonds. The van der Waals surface area contributed by atoms with Crippen LogP contribution in [0.5, 0.6) is 0 Å². The van der Waals surface area contributed by atoms with Gasteiger partial charge in [0, 0.05) is 24.5 Å². The molecule has 0 bridgehead atoms. The van der Waals surface area contributed by atoms with E-state index in [-0.39, 0.29) is 11.8 Å². The number of allylic oxidation sites excluding steroid dienone is 1. The average Bonchev–Trinajstić information content (AvgIpc) is 2.83. The number of amides is 1. The van der Waals surface area contributed by atoms with E-state index in [2.05, 4.69) is 15.5 Å². The zero-order valence-corrected chi connectivity index (χ0v) is 12.2. The van der Waals surface area contributed by atoms with E-state index >= 15 is 0 Å². The molecular weight excluding hydrogens is 242 g/mol. The van der Waals surface area contributed by atoms with E-state index in [1.54, 1.807) is 0 Å². The van der Waals surface area contributed by atoms with Gasteiger partial charge in [0.25, 0.3) is 0 Å². The maximum Gasteiger partial charge on any atom is 0.246 e. The van der Waals surface area contributed by atoms with E-state index in [0.29, 0.717) is 18.9 Å². The SMILES string of the molecule is CC/C=C(\C)C(=O)NCCCc1nc(C(C)C)no1. The number of aryl methyl sites for hydroxylation is 1. The largest absolute Gasteiger partial charge is 0.352 e. The molecule has 0 aliphatic carbocycles. The Bertz CT molecular complexity index is 436. The van der Waals surface area contributed by atoms with E-state index in [1.807, 2.05) is 33.8 Å². The number of carbonyl (C=O) groups is 1. The molecule has 0 unspecified atom stereocenters. The number of aromatic nitrogens is 2. The van der Waals surface area contributed by atoms with Crippen molar-refractivity contribution in [2.45, 2.75) is 52.9 Å². The Morgan fingerprint density at radius 2 is 2.21 bits per heavy atom.